The second kappa shape index (κ2) is 10.8. The van der Waals surface area contributed by atoms with Crippen LogP contribution in [0.4, 0.5) is 0 Å². The van der Waals surface area contributed by atoms with Gasteiger partial charge in [-0.2, -0.15) is 5.10 Å². The molecule has 0 fully saturated rings. The number of aliphatic hydroxyl groups is 1. The van der Waals surface area contributed by atoms with Gasteiger partial charge < -0.3 is 5.11 Å². The number of hydrogen-bond donors (Lipinski definition) is 1. The maximum absolute atomic E-state index is 11.1. The Morgan fingerprint density at radius 1 is 1.21 bits per heavy atom. The molecule has 0 bridgehead atoms. The summed E-state index contributed by atoms with van der Waals surface area (Å²) in [7, 11) is 0. The van der Waals surface area contributed by atoms with Crippen LogP contribution >= 0.6 is 48.8 Å². The molecule has 2 rings (SSSR count). The molecular formula is C16H22ClI3N3O-. The van der Waals surface area contributed by atoms with Crippen LogP contribution in [0.3, 0.4) is 0 Å². The van der Waals surface area contributed by atoms with Gasteiger partial charge in [-0.25, -0.2) is 4.98 Å². The molecule has 0 aliphatic carbocycles. The fourth-order valence-electron chi connectivity index (χ4n) is 2.28. The number of hydrogen-bond acceptors (Lipinski definition) is 3. The Kier molecular flexibility index (Phi) is 10.3. The van der Waals surface area contributed by atoms with Gasteiger partial charge in [-0.05, 0) is 36.0 Å². The molecule has 2 aromatic rings. The average molecular weight is 689 g/mol. The van der Waals surface area contributed by atoms with Gasteiger partial charge in [-0.3, -0.25) is 4.68 Å². The van der Waals surface area contributed by atoms with Crippen molar-refractivity contribution < 1.29 is 18.4 Å². The van der Waals surface area contributed by atoms with E-state index in [0.717, 1.165) is 11.4 Å². The van der Waals surface area contributed by atoms with E-state index in [4.69, 9.17) is 11.6 Å². The third-order valence-electron chi connectivity index (χ3n) is 4.03. The Labute approximate surface area is 178 Å². The van der Waals surface area contributed by atoms with Crippen molar-refractivity contribution in [2.45, 2.75) is 45.8 Å². The number of halogens is 4. The Bertz CT molecular complexity index is 588. The van der Waals surface area contributed by atoms with E-state index in [1.165, 1.54) is 11.9 Å². The molecule has 0 saturated heterocycles. The first-order chi connectivity index (χ1) is 11.2. The molecule has 24 heavy (non-hydrogen) atoms. The van der Waals surface area contributed by atoms with E-state index in [0.29, 0.717) is 26.2 Å². The molecular weight excluding hydrogens is 666 g/mol. The summed E-state index contributed by atoms with van der Waals surface area (Å²) in [6, 6.07) is 7.76. The normalized spacial score (nSPS) is 14.0. The number of aryl methyl sites for hydroxylation is 1. The summed E-state index contributed by atoms with van der Waals surface area (Å²) in [6.07, 6.45) is 4.57. The zero-order valence-electron chi connectivity index (χ0n) is 13.9. The van der Waals surface area contributed by atoms with Crippen molar-refractivity contribution in [3.63, 3.8) is 0 Å². The predicted molar refractivity (Wildman–Crippen MR) is 112 cm³/mol. The topological polar surface area (TPSA) is 50.9 Å². The van der Waals surface area contributed by atoms with E-state index in [1.807, 2.05) is 45.0 Å². The Hall–Kier alpha value is 0.800. The van der Waals surface area contributed by atoms with Crippen LogP contribution in [0.15, 0.2) is 36.9 Å². The number of benzene rings is 1. The molecule has 8 heteroatoms. The third-order valence-corrected chi connectivity index (χ3v) is 4.28. The first-order valence-corrected chi connectivity index (χ1v) is 20.3. The summed E-state index contributed by atoms with van der Waals surface area (Å²) in [5, 5.41) is 16.0. The van der Waals surface area contributed by atoms with Crippen molar-refractivity contribution in [2.75, 3.05) is 0 Å². The van der Waals surface area contributed by atoms with Gasteiger partial charge in [0, 0.05) is 5.02 Å². The van der Waals surface area contributed by atoms with Crippen molar-refractivity contribution in [1.82, 2.24) is 14.8 Å². The summed E-state index contributed by atoms with van der Waals surface area (Å²) < 4.78 is 1.69. The molecule has 0 aliphatic rings. The number of rotatable bonds is 5. The quantitative estimate of drug-likeness (QED) is 0.491. The summed E-state index contributed by atoms with van der Waals surface area (Å²) in [4.78, 5) is 3.94. The molecule has 1 atom stereocenters. The van der Waals surface area contributed by atoms with Crippen LogP contribution in [0, 0.1) is 5.41 Å². The molecule has 0 aliphatic heterocycles. The molecule has 4 nitrogen and oxygen atoms in total. The molecule has 0 spiro atoms. The predicted octanol–water partition coefficient (Wildman–Crippen LogP) is 2.12. The summed E-state index contributed by atoms with van der Waals surface area (Å²) >= 11 is 11.2. The monoisotopic (exact) mass is 688 g/mol. The minimum atomic E-state index is -0.861. The van der Waals surface area contributed by atoms with Gasteiger partial charge in [-0.15, -0.1) is 0 Å². The average Bonchev–Trinajstić information content (AvgIpc) is 2.99. The molecule has 1 N–H and O–H groups in total. The molecule has 136 valence electrons. The summed E-state index contributed by atoms with van der Waals surface area (Å²) in [5.41, 5.74) is 0.0479. The molecule has 1 aromatic heterocycles. The summed E-state index contributed by atoms with van der Waals surface area (Å²) in [6.45, 7) is 6.58. The van der Waals surface area contributed by atoms with E-state index >= 15 is 0 Å². The molecule has 0 radical (unpaired) electrons. The zero-order valence-corrected chi connectivity index (χ0v) is 21.1. The van der Waals surface area contributed by atoms with Gasteiger partial charge in [0.2, 0.25) is 0 Å². The molecule has 1 unspecified atom stereocenters. The standard InChI is InChI=1S/C16H22ClN3O.I3/c1-15(2,3)16(21,10-20-12-18-11-19-20)9-8-13-4-6-14(17)7-5-13;1-3-2/h4-7,11-12,21H,8-10H2,1-3H3;/q;-1. The van der Waals surface area contributed by atoms with Crippen molar-refractivity contribution in [1.29, 1.82) is 0 Å². The Balaban J connectivity index is 0.000000891. The number of aromatic nitrogens is 3. The molecule has 0 saturated carbocycles. The fraction of sp³-hybridized carbons (Fsp3) is 0.500. The Morgan fingerprint density at radius 3 is 2.25 bits per heavy atom. The van der Waals surface area contributed by atoms with Gasteiger partial charge in [0.1, 0.15) is 12.7 Å². The van der Waals surface area contributed by atoms with E-state index in [2.05, 4.69) is 47.3 Å². The van der Waals surface area contributed by atoms with E-state index < -0.39 is 5.60 Å². The van der Waals surface area contributed by atoms with Crippen molar-refractivity contribution in [3.05, 3.63) is 47.5 Å². The SMILES string of the molecule is CC(C)(C)C(O)(CCc1ccc(Cl)cc1)Cn1cncn1.I[I-]I. The second-order valence-corrected chi connectivity index (χ2v) is 23.2. The van der Waals surface area contributed by atoms with Gasteiger partial charge >= 0.3 is 50.5 Å². The Morgan fingerprint density at radius 2 is 1.79 bits per heavy atom. The minimum absolute atomic E-state index is 0.259. The number of nitrogens with zero attached hydrogens (tertiary/aromatic N) is 3. The fourth-order valence-corrected chi connectivity index (χ4v) is 2.40. The van der Waals surface area contributed by atoms with Gasteiger partial charge in [0.15, 0.2) is 0 Å². The van der Waals surface area contributed by atoms with E-state index in [9.17, 15) is 5.11 Å². The van der Waals surface area contributed by atoms with Crippen LogP contribution in [-0.4, -0.2) is 25.5 Å². The van der Waals surface area contributed by atoms with E-state index in [1.54, 1.807) is 11.0 Å². The van der Waals surface area contributed by atoms with Gasteiger partial charge in [-0.1, -0.05) is 44.5 Å². The van der Waals surface area contributed by atoms with Crippen LogP contribution in [0.1, 0.15) is 32.8 Å². The van der Waals surface area contributed by atoms with Crippen LogP contribution in [0.25, 0.3) is 0 Å². The molecule has 0 amide bonds. The molecule has 1 heterocycles. The second-order valence-electron chi connectivity index (χ2n) is 6.56. The molecule has 1 aromatic carbocycles. The van der Waals surface area contributed by atoms with Gasteiger partial charge in [0.25, 0.3) is 0 Å². The van der Waals surface area contributed by atoms with Crippen molar-refractivity contribution in [2.24, 2.45) is 5.41 Å². The third kappa shape index (κ3) is 7.58. The van der Waals surface area contributed by atoms with Crippen LogP contribution < -0.4 is 13.3 Å². The van der Waals surface area contributed by atoms with E-state index in [-0.39, 0.29) is 5.41 Å². The van der Waals surface area contributed by atoms with Gasteiger partial charge in [0.05, 0.1) is 12.1 Å². The van der Waals surface area contributed by atoms with Crippen molar-refractivity contribution in [3.8, 4) is 0 Å². The maximum atomic E-state index is 11.1. The van der Waals surface area contributed by atoms with Crippen LogP contribution in [0.2, 0.25) is 5.02 Å². The van der Waals surface area contributed by atoms with Crippen molar-refractivity contribution >= 4 is 48.8 Å². The van der Waals surface area contributed by atoms with Crippen LogP contribution in [-0.2, 0) is 13.0 Å². The summed E-state index contributed by atoms with van der Waals surface area (Å²) in [5.74, 6) is 0. The first kappa shape index (κ1) is 22.8. The first-order valence-electron chi connectivity index (χ1n) is 7.38. The van der Waals surface area contributed by atoms with Crippen LogP contribution in [0.5, 0.6) is 0 Å². The zero-order chi connectivity index (χ0) is 18.2.